The van der Waals surface area contributed by atoms with E-state index in [9.17, 15) is 14.5 Å². The van der Waals surface area contributed by atoms with Gasteiger partial charge in [-0.2, -0.15) is 0 Å². The van der Waals surface area contributed by atoms with Gasteiger partial charge in [-0.3, -0.25) is 10.1 Å². The molecule has 0 unspecified atom stereocenters. The third-order valence-corrected chi connectivity index (χ3v) is 3.26. The Hall–Kier alpha value is -2.50. The first-order valence-electron chi connectivity index (χ1n) is 6.58. The van der Waals surface area contributed by atoms with Crippen LogP contribution in [-0.2, 0) is 6.42 Å². The average molecular weight is 289 g/mol. The summed E-state index contributed by atoms with van der Waals surface area (Å²) in [6.45, 7) is 4.09. The summed E-state index contributed by atoms with van der Waals surface area (Å²) in [6, 6.07) is 7.73. The van der Waals surface area contributed by atoms with Crippen LogP contribution < -0.4 is 5.32 Å². The monoisotopic (exact) mass is 289 g/mol. The zero-order chi connectivity index (χ0) is 15.4. The van der Waals surface area contributed by atoms with Crippen molar-refractivity contribution in [1.82, 2.24) is 4.98 Å². The van der Waals surface area contributed by atoms with E-state index >= 15 is 0 Å². The largest absolute Gasteiger partial charge is 0.370 e. The summed E-state index contributed by atoms with van der Waals surface area (Å²) in [5, 5.41) is 13.8. The van der Waals surface area contributed by atoms with Gasteiger partial charge >= 0.3 is 0 Å². The number of nitrogens with one attached hydrogen (secondary N) is 1. The van der Waals surface area contributed by atoms with Crippen molar-refractivity contribution in [2.24, 2.45) is 0 Å². The Morgan fingerprint density at radius 2 is 2.05 bits per heavy atom. The lowest BCUT2D eigenvalue weighted by Gasteiger charge is -2.08. The molecular formula is C15H16FN3O2. The van der Waals surface area contributed by atoms with Crippen LogP contribution in [0.2, 0.25) is 0 Å². The lowest BCUT2D eigenvalue weighted by atomic mass is 10.1. The number of hydrogen-bond acceptors (Lipinski definition) is 4. The fraction of sp³-hybridized carbons (Fsp3) is 0.267. The molecule has 0 aliphatic rings. The highest BCUT2D eigenvalue weighted by Gasteiger charge is 2.11. The maximum Gasteiger partial charge on any atom is 0.290 e. The molecule has 1 aromatic carbocycles. The van der Waals surface area contributed by atoms with E-state index < -0.39 is 4.92 Å². The molecule has 6 heteroatoms. The van der Waals surface area contributed by atoms with Crippen molar-refractivity contribution >= 4 is 11.5 Å². The van der Waals surface area contributed by atoms with Gasteiger partial charge in [-0.15, -0.1) is 0 Å². The number of anilines is 1. The number of aryl methyl sites for hydroxylation is 2. The van der Waals surface area contributed by atoms with E-state index in [1.165, 1.54) is 18.2 Å². The van der Waals surface area contributed by atoms with Crippen molar-refractivity contribution in [3.05, 3.63) is 63.1 Å². The topological polar surface area (TPSA) is 68.1 Å². The molecule has 0 radical (unpaired) electrons. The van der Waals surface area contributed by atoms with Gasteiger partial charge in [0.1, 0.15) is 17.3 Å². The maximum absolute atomic E-state index is 13.0. The molecular weight excluding hydrogens is 273 g/mol. The predicted octanol–water partition coefficient (Wildman–Crippen LogP) is 3.40. The van der Waals surface area contributed by atoms with Crippen molar-refractivity contribution in [2.45, 2.75) is 20.3 Å². The maximum atomic E-state index is 13.0. The Balaban J connectivity index is 1.97. The van der Waals surface area contributed by atoms with Gasteiger partial charge in [-0.1, -0.05) is 6.07 Å². The average Bonchev–Trinajstić information content (AvgIpc) is 2.41. The second-order valence-corrected chi connectivity index (χ2v) is 4.81. The fourth-order valence-electron chi connectivity index (χ4n) is 2.11. The van der Waals surface area contributed by atoms with Crippen molar-refractivity contribution in [3.8, 4) is 0 Å². The Morgan fingerprint density at radius 3 is 2.67 bits per heavy atom. The number of halogens is 1. The summed E-state index contributed by atoms with van der Waals surface area (Å²) in [4.78, 5) is 14.4. The van der Waals surface area contributed by atoms with Crippen molar-refractivity contribution < 1.29 is 9.31 Å². The zero-order valence-corrected chi connectivity index (χ0v) is 11.9. The Morgan fingerprint density at radius 1 is 1.29 bits per heavy atom. The van der Waals surface area contributed by atoms with Crippen LogP contribution in [0, 0.1) is 29.8 Å². The lowest BCUT2D eigenvalue weighted by Crippen LogP contribution is -2.08. The molecule has 110 valence electrons. The molecule has 0 saturated carbocycles. The Labute approximate surface area is 122 Å². The minimum Gasteiger partial charge on any atom is -0.370 e. The number of benzene rings is 1. The third-order valence-electron chi connectivity index (χ3n) is 3.26. The summed E-state index contributed by atoms with van der Waals surface area (Å²) < 4.78 is 13.0. The molecule has 0 atom stereocenters. The van der Waals surface area contributed by atoms with E-state index in [-0.39, 0.29) is 11.5 Å². The molecule has 0 saturated heterocycles. The smallest absolute Gasteiger partial charge is 0.290 e. The Kier molecular flexibility index (Phi) is 4.47. The van der Waals surface area contributed by atoms with Gasteiger partial charge in [0.05, 0.1) is 4.92 Å². The molecule has 0 amide bonds. The second-order valence-electron chi connectivity index (χ2n) is 4.81. The van der Waals surface area contributed by atoms with Crippen LogP contribution in [-0.4, -0.2) is 16.5 Å². The molecule has 21 heavy (non-hydrogen) atoms. The minimum absolute atomic E-state index is 0.00919. The van der Waals surface area contributed by atoms with Gasteiger partial charge < -0.3 is 5.32 Å². The second kappa shape index (κ2) is 6.30. The third kappa shape index (κ3) is 3.75. The Bertz CT molecular complexity index is 674. The highest BCUT2D eigenvalue weighted by atomic mass is 19.1. The van der Waals surface area contributed by atoms with E-state index in [0.717, 1.165) is 17.5 Å². The standard InChI is InChI=1S/C15H16FN3O2/c1-10-9-13(16)4-3-12(10)7-8-17-15-6-5-14(19(20)21)11(2)18-15/h3-6,9H,7-8H2,1-2H3,(H,17,18). The molecule has 0 aliphatic carbocycles. The van der Waals surface area contributed by atoms with Crippen LogP contribution in [0.1, 0.15) is 16.8 Å². The molecule has 0 fully saturated rings. The van der Waals surface area contributed by atoms with Crippen LogP contribution in [0.5, 0.6) is 0 Å². The van der Waals surface area contributed by atoms with Gasteiger partial charge in [0.25, 0.3) is 5.69 Å². The zero-order valence-electron chi connectivity index (χ0n) is 11.9. The highest BCUT2D eigenvalue weighted by Crippen LogP contribution is 2.18. The van der Waals surface area contributed by atoms with Crippen LogP contribution in [0.4, 0.5) is 15.9 Å². The molecule has 1 N–H and O–H groups in total. The molecule has 2 rings (SSSR count). The van der Waals surface area contributed by atoms with Crippen molar-refractivity contribution in [1.29, 1.82) is 0 Å². The molecule has 0 spiro atoms. The SMILES string of the molecule is Cc1cc(F)ccc1CCNc1ccc([N+](=O)[O-])c(C)n1. The normalized spacial score (nSPS) is 10.4. The van der Waals surface area contributed by atoms with Crippen LogP contribution in [0.25, 0.3) is 0 Å². The number of nitrogens with zero attached hydrogens (tertiary/aromatic N) is 2. The van der Waals surface area contributed by atoms with Crippen LogP contribution >= 0.6 is 0 Å². The number of nitro groups is 1. The first-order valence-corrected chi connectivity index (χ1v) is 6.58. The van der Waals surface area contributed by atoms with E-state index in [1.807, 2.05) is 6.92 Å². The molecule has 1 aromatic heterocycles. The van der Waals surface area contributed by atoms with E-state index in [4.69, 9.17) is 0 Å². The van der Waals surface area contributed by atoms with E-state index in [0.29, 0.717) is 18.1 Å². The van der Waals surface area contributed by atoms with Gasteiger partial charge in [0.2, 0.25) is 0 Å². The van der Waals surface area contributed by atoms with E-state index in [2.05, 4.69) is 10.3 Å². The number of aromatic nitrogens is 1. The molecule has 2 aromatic rings. The molecule has 0 aliphatic heterocycles. The summed E-state index contributed by atoms with van der Waals surface area (Å²) in [7, 11) is 0. The van der Waals surface area contributed by atoms with Crippen molar-refractivity contribution in [2.75, 3.05) is 11.9 Å². The summed E-state index contributed by atoms with van der Waals surface area (Å²) in [6.07, 6.45) is 0.726. The van der Waals surface area contributed by atoms with Gasteiger partial charge in [0, 0.05) is 12.6 Å². The van der Waals surface area contributed by atoms with E-state index in [1.54, 1.807) is 19.1 Å². The number of pyridine rings is 1. The summed E-state index contributed by atoms with van der Waals surface area (Å²) in [5.74, 6) is 0.356. The fourth-order valence-corrected chi connectivity index (χ4v) is 2.11. The van der Waals surface area contributed by atoms with Crippen LogP contribution in [0.15, 0.2) is 30.3 Å². The lowest BCUT2D eigenvalue weighted by molar-refractivity contribution is -0.385. The predicted molar refractivity (Wildman–Crippen MR) is 79.0 cm³/mol. The summed E-state index contributed by atoms with van der Waals surface area (Å²) >= 11 is 0. The van der Waals surface area contributed by atoms with Crippen LogP contribution in [0.3, 0.4) is 0 Å². The first kappa shape index (κ1) is 14.9. The number of rotatable bonds is 5. The van der Waals surface area contributed by atoms with Gasteiger partial charge in [-0.05, 0) is 49.6 Å². The first-order chi connectivity index (χ1) is 9.97. The van der Waals surface area contributed by atoms with Gasteiger partial charge in [-0.25, -0.2) is 9.37 Å². The number of hydrogen-bond donors (Lipinski definition) is 1. The molecule has 5 nitrogen and oxygen atoms in total. The van der Waals surface area contributed by atoms with Crippen molar-refractivity contribution in [3.63, 3.8) is 0 Å². The summed E-state index contributed by atoms with van der Waals surface area (Å²) in [5.41, 5.74) is 2.35. The minimum atomic E-state index is -0.450. The quantitative estimate of drug-likeness (QED) is 0.676. The molecule has 1 heterocycles. The highest BCUT2D eigenvalue weighted by molar-refractivity contribution is 5.45. The van der Waals surface area contributed by atoms with Gasteiger partial charge in [0.15, 0.2) is 0 Å². The molecule has 0 bridgehead atoms.